The first-order valence-electron chi connectivity index (χ1n) is 7.19. The Morgan fingerprint density at radius 1 is 1.39 bits per heavy atom. The normalized spacial score (nSPS) is 28.5. The summed E-state index contributed by atoms with van der Waals surface area (Å²) in [6, 6.07) is 0.855. The smallest absolute Gasteiger partial charge is 0.107 e. The van der Waals surface area contributed by atoms with Gasteiger partial charge >= 0.3 is 0 Å². The SMILES string of the molecule is CNCc1nc(CN2CCC3CCCCC32)cs1. The molecule has 4 heteroatoms. The quantitative estimate of drug-likeness (QED) is 0.907. The van der Waals surface area contributed by atoms with Crippen LogP contribution in [0.1, 0.15) is 42.8 Å². The fourth-order valence-electron chi connectivity index (χ4n) is 3.56. The van der Waals surface area contributed by atoms with Crippen LogP contribution in [0.4, 0.5) is 0 Å². The molecule has 2 unspecified atom stereocenters. The van der Waals surface area contributed by atoms with E-state index in [1.54, 1.807) is 11.3 Å². The second-order valence-corrected chi connectivity index (χ2v) is 6.58. The molecular weight excluding hydrogens is 242 g/mol. The zero-order chi connectivity index (χ0) is 12.4. The molecule has 100 valence electrons. The van der Waals surface area contributed by atoms with Gasteiger partial charge in [0.2, 0.25) is 0 Å². The van der Waals surface area contributed by atoms with Crippen LogP contribution in [-0.4, -0.2) is 29.5 Å². The number of rotatable bonds is 4. The number of nitrogens with one attached hydrogen (secondary N) is 1. The predicted octanol–water partition coefficient (Wildman–Crippen LogP) is 2.63. The van der Waals surface area contributed by atoms with Crippen LogP contribution >= 0.6 is 11.3 Å². The second kappa shape index (κ2) is 5.68. The number of fused-ring (bicyclic) bond motifs is 1. The maximum Gasteiger partial charge on any atom is 0.107 e. The lowest BCUT2D eigenvalue weighted by molar-refractivity contribution is 0.174. The summed E-state index contributed by atoms with van der Waals surface area (Å²) in [4.78, 5) is 7.40. The summed E-state index contributed by atoms with van der Waals surface area (Å²) in [6.07, 6.45) is 7.18. The summed E-state index contributed by atoms with van der Waals surface area (Å²) in [5.74, 6) is 0.981. The molecule has 3 rings (SSSR count). The van der Waals surface area contributed by atoms with E-state index < -0.39 is 0 Å². The minimum absolute atomic E-state index is 0.855. The largest absolute Gasteiger partial charge is 0.314 e. The van der Waals surface area contributed by atoms with E-state index in [9.17, 15) is 0 Å². The summed E-state index contributed by atoms with van der Waals surface area (Å²) >= 11 is 1.79. The van der Waals surface area contributed by atoms with Crippen LogP contribution in [0.2, 0.25) is 0 Å². The molecule has 1 aromatic rings. The Morgan fingerprint density at radius 3 is 3.17 bits per heavy atom. The summed E-state index contributed by atoms with van der Waals surface area (Å²) in [6.45, 7) is 3.26. The first-order valence-corrected chi connectivity index (χ1v) is 8.06. The first-order chi connectivity index (χ1) is 8.86. The maximum atomic E-state index is 4.72. The second-order valence-electron chi connectivity index (χ2n) is 5.63. The van der Waals surface area contributed by atoms with E-state index >= 15 is 0 Å². The van der Waals surface area contributed by atoms with Crippen molar-refractivity contribution >= 4 is 11.3 Å². The van der Waals surface area contributed by atoms with Crippen molar-refractivity contribution < 1.29 is 0 Å². The number of hydrogen-bond donors (Lipinski definition) is 1. The minimum Gasteiger partial charge on any atom is -0.314 e. The molecule has 3 nitrogen and oxygen atoms in total. The highest BCUT2D eigenvalue weighted by atomic mass is 32.1. The van der Waals surface area contributed by atoms with Crippen molar-refractivity contribution in [1.29, 1.82) is 0 Å². The van der Waals surface area contributed by atoms with Crippen LogP contribution in [0.3, 0.4) is 0 Å². The Bertz CT molecular complexity index is 390. The van der Waals surface area contributed by atoms with Crippen LogP contribution in [0.25, 0.3) is 0 Å². The third kappa shape index (κ3) is 2.60. The molecule has 0 spiro atoms. The summed E-state index contributed by atoms with van der Waals surface area (Å²) in [5, 5.41) is 6.62. The number of likely N-dealkylation sites (tertiary alicyclic amines) is 1. The van der Waals surface area contributed by atoms with Crippen molar-refractivity contribution in [3.63, 3.8) is 0 Å². The number of thiazole rings is 1. The van der Waals surface area contributed by atoms with Gasteiger partial charge in [-0.25, -0.2) is 4.98 Å². The zero-order valence-electron chi connectivity index (χ0n) is 11.2. The van der Waals surface area contributed by atoms with Crippen LogP contribution in [0.5, 0.6) is 0 Å². The minimum atomic E-state index is 0.855. The van der Waals surface area contributed by atoms with Gasteiger partial charge in [0.05, 0.1) is 5.69 Å². The molecular formula is C14H23N3S. The molecule has 1 aliphatic carbocycles. The summed E-state index contributed by atoms with van der Waals surface area (Å²) in [5.41, 5.74) is 1.27. The van der Waals surface area contributed by atoms with E-state index in [1.165, 1.54) is 49.4 Å². The Hall–Kier alpha value is -0.450. The van der Waals surface area contributed by atoms with Crippen molar-refractivity contribution in [2.75, 3.05) is 13.6 Å². The third-order valence-corrected chi connectivity index (χ3v) is 5.32. The first kappa shape index (κ1) is 12.6. The third-order valence-electron chi connectivity index (χ3n) is 4.42. The van der Waals surface area contributed by atoms with Gasteiger partial charge in [0, 0.05) is 24.5 Å². The standard InChI is InChI=1S/C14H23N3S/c1-15-8-14-16-12(10-18-14)9-17-7-6-11-4-2-3-5-13(11)17/h10-11,13,15H,2-9H2,1H3. The highest BCUT2D eigenvalue weighted by Crippen LogP contribution is 2.36. The monoisotopic (exact) mass is 265 g/mol. The molecule has 0 aromatic carbocycles. The molecule has 0 bridgehead atoms. The lowest BCUT2D eigenvalue weighted by Crippen LogP contribution is -2.34. The van der Waals surface area contributed by atoms with E-state index in [2.05, 4.69) is 15.6 Å². The van der Waals surface area contributed by atoms with Crippen LogP contribution < -0.4 is 5.32 Å². The zero-order valence-corrected chi connectivity index (χ0v) is 12.0. The molecule has 0 radical (unpaired) electrons. The highest BCUT2D eigenvalue weighted by Gasteiger charge is 2.35. The van der Waals surface area contributed by atoms with Crippen molar-refractivity contribution in [1.82, 2.24) is 15.2 Å². The number of nitrogens with zero attached hydrogens (tertiary/aromatic N) is 2. The van der Waals surface area contributed by atoms with E-state index in [1.807, 2.05) is 7.05 Å². The van der Waals surface area contributed by atoms with Crippen molar-refractivity contribution in [2.24, 2.45) is 5.92 Å². The lowest BCUT2D eigenvalue weighted by atomic mass is 9.85. The van der Waals surface area contributed by atoms with Crippen molar-refractivity contribution in [2.45, 2.75) is 51.2 Å². The molecule has 2 fully saturated rings. The molecule has 1 saturated carbocycles. The van der Waals surface area contributed by atoms with Crippen molar-refractivity contribution in [3.8, 4) is 0 Å². The van der Waals surface area contributed by atoms with Gasteiger partial charge < -0.3 is 5.32 Å². The van der Waals surface area contributed by atoms with Crippen LogP contribution in [0, 0.1) is 5.92 Å². The Morgan fingerprint density at radius 2 is 2.28 bits per heavy atom. The molecule has 2 heterocycles. The van der Waals surface area contributed by atoms with Gasteiger partial charge in [-0.15, -0.1) is 11.3 Å². The molecule has 2 aliphatic rings. The average molecular weight is 265 g/mol. The van der Waals surface area contributed by atoms with Crippen LogP contribution in [0.15, 0.2) is 5.38 Å². The van der Waals surface area contributed by atoms with Gasteiger partial charge in [0.15, 0.2) is 0 Å². The highest BCUT2D eigenvalue weighted by molar-refractivity contribution is 7.09. The Balaban J connectivity index is 1.61. The Labute approximate surface area is 114 Å². The summed E-state index contributed by atoms with van der Waals surface area (Å²) in [7, 11) is 1.98. The van der Waals surface area contributed by atoms with E-state index in [0.717, 1.165) is 25.0 Å². The van der Waals surface area contributed by atoms with Gasteiger partial charge in [0.1, 0.15) is 5.01 Å². The fraction of sp³-hybridized carbons (Fsp3) is 0.786. The van der Waals surface area contributed by atoms with Gasteiger partial charge in [-0.3, -0.25) is 4.90 Å². The van der Waals surface area contributed by atoms with Gasteiger partial charge in [-0.05, 0) is 38.8 Å². The summed E-state index contributed by atoms with van der Waals surface area (Å²) < 4.78 is 0. The molecule has 1 saturated heterocycles. The molecule has 1 aliphatic heterocycles. The number of aromatic nitrogens is 1. The molecule has 18 heavy (non-hydrogen) atoms. The van der Waals surface area contributed by atoms with Gasteiger partial charge in [-0.2, -0.15) is 0 Å². The van der Waals surface area contributed by atoms with Gasteiger partial charge in [0.25, 0.3) is 0 Å². The molecule has 2 atom stereocenters. The van der Waals surface area contributed by atoms with Crippen LogP contribution in [-0.2, 0) is 13.1 Å². The van der Waals surface area contributed by atoms with E-state index in [4.69, 9.17) is 4.98 Å². The lowest BCUT2D eigenvalue weighted by Gasteiger charge is -2.31. The van der Waals surface area contributed by atoms with Gasteiger partial charge in [-0.1, -0.05) is 12.8 Å². The molecule has 0 amide bonds. The average Bonchev–Trinajstić information content (AvgIpc) is 2.99. The topological polar surface area (TPSA) is 28.2 Å². The maximum absolute atomic E-state index is 4.72. The van der Waals surface area contributed by atoms with E-state index in [-0.39, 0.29) is 0 Å². The fourth-order valence-corrected chi connectivity index (χ4v) is 4.36. The number of hydrogen-bond acceptors (Lipinski definition) is 4. The van der Waals surface area contributed by atoms with E-state index in [0.29, 0.717) is 0 Å². The Kier molecular flexibility index (Phi) is 3.97. The van der Waals surface area contributed by atoms with Crippen molar-refractivity contribution in [3.05, 3.63) is 16.1 Å². The predicted molar refractivity (Wildman–Crippen MR) is 75.7 cm³/mol. The molecule has 1 aromatic heterocycles. The molecule has 1 N–H and O–H groups in total.